The van der Waals surface area contributed by atoms with Gasteiger partial charge in [-0.3, -0.25) is 4.79 Å². The van der Waals surface area contributed by atoms with Gasteiger partial charge < -0.3 is 25.6 Å². The van der Waals surface area contributed by atoms with Gasteiger partial charge in [0.2, 0.25) is 0 Å². The molecule has 0 atom stereocenters. The Labute approximate surface area is 194 Å². The van der Waals surface area contributed by atoms with Gasteiger partial charge in [-0.25, -0.2) is 4.98 Å². The third-order valence-electron chi connectivity index (χ3n) is 4.88. The lowest BCUT2D eigenvalue weighted by atomic mass is 10.1. The number of anilines is 1. The molecule has 0 saturated heterocycles. The molecule has 0 aliphatic carbocycles. The Kier molecular flexibility index (Phi) is 11.3. The van der Waals surface area contributed by atoms with Crippen molar-refractivity contribution in [3.8, 4) is 0 Å². The van der Waals surface area contributed by atoms with Crippen molar-refractivity contribution < 1.29 is 0 Å². The number of nitrogens with zero attached hydrogens (tertiary/aromatic N) is 3. The molecule has 0 aliphatic heterocycles. The number of rotatable bonds is 13. The van der Waals surface area contributed by atoms with Crippen LogP contribution >= 0.6 is 11.6 Å². The fourth-order valence-electron chi connectivity index (χ4n) is 3.27. The van der Waals surface area contributed by atoms with Crippen LogP contribution in [-0.2, 0) is 13.1 Å². The number of nitrogens with one attached hydrogen (secondary N) is 2. The van der Waals surface area contributed by atoms with Crippen molar-refractivity contribution in [3.63, 3.8) is 0 Å². The van der Waals surface area contributed by atoms with Gasteiger partial charge in [-0.2, -0.15) is 0 Å². The van der Waals surface area contributed by atoms with Gasteiger partial charge in [0.15, 0.2) is 5.82 Å². The minimum absolute atomic E-state index is 0.123. The molecule has 2 aromatic rings. The maximum Gasteiger partial charge on any atom is 0.293 e. The summed E-state index contributed by atoms with van der Waals surface area (Å²) in [7, 11) is 0. The summed E-state index contributed by atoms with van der Waals surface area (Å²) in [6, 6.07) is 7.71. The van der Waals surface area contributed by atoms with Crippen molar-refractivity contribution in [2.75, 3.05) is 18.4 Å². The topological polar surface area (TPSA) is 94.4 Å². The first kappa shape index (κ1) is 25.4. The molecule has 0 bridgehead atoms. The average molecular weight is 457 g/mol. The molecule has 2 rings (SSSR count). The van der Waals surface area contributed by atoms with Crippen LogP contribution in [0.1, 0.15) is 37.4 Å². The molecule has 0 saturated carbocycles. The molecule has 0 amide bonds. The third-order valence-corrected chi connectivity index (χ3v) is 5.12. The van der Waals surface area contributed by atoms with E-state index in [9.17, 15) is 10.0 Å². The first-order chi connectivity index (χ1) is 15.5. The summed E-state index contributed by atoms with van der Waals surface area (Å²) in [4.78, 5) is 17.2. The highest BCUT2D eigenvalue weighted by Crippen LogP contribution is 2.11. The van der Waals surface area contributed by atoms with Crippen LogP contribution < -0.4 is 16.2 Å². The summed E-state index contributed by atoms with van der Waals surface area (Å²) in [6.07, 6.45) is 11.1. The summed E-state index contributed by atoms with van der Waals surface area (Å²) in [5, 5.41) is 20.0. The first-order valence-electron chi connectivity index (χ1n) is 10.8. The van der Waals surface area contributed by atoms with Gasteiger partial charge in [0.1, 0.15) is 0 Å². The molecule has 0 fully saturated rings. The molecule has 2 N–H and O–H groups in total. The lowest BCUT2D eigenvalue weighted by molar-refractivity contribution is 0.573. The van der Waals surface area contributed by atoms with Crippen molar-refractivity contribution in [1.82, 2.24) is 14.9 Å². The van der Waals surface area contributed by atoms with E-state index in [1.54, 1.807) is 22.9 Å². The smallest absolute Gasteiger partial charge is 0.293 e. The van der Waals surface area contributed by atoms with Crippen LogP contribution in [0.4, 0.5) is 5.82 Å². The summed E-state index contributed by atoms with van der Waals surface area (Å²) in [6.45, 7) is 6.49. The van der Waals surface area contributed by atoms with Gasteiger partial charge in [0, 0.05) is 49.3 Å². The van der Waals surface area contributed by atoms with E-state index in [2.05, 4.69) is 27.7 Å². The summed E-state index contributed by atoms with van der Waals surface area (Å²) >= 11 is 6.02. The second-order valence-electron chi connectivity index (χ2n) is 7.40. The number of allylic oxidation sites excluding steroid dienone is 3. The average Bonchev–Trinajstić information content (AvgIpc) is 2.77. The maximum absolute atomic E-state index is 12.9. The standard InChI is InChI=1S/C24H32ClN5O2/c1-3-7-20(8-4-5-12-29-32)11-13-27-23-24(31)30(19(2)17-28-23)15-14-26-18-21-9-6-10-22(25)16-21/h4-6,8-10,12,16-17,26,32H,3,7,11,13-15,18H2,1-2H3,(H,27,28)/p-1/b5-4-,20-8+,29-12+. The van der Waals surface area contributed by atoms with Crippen LogP contribution in [0.3, 0.4) is 0 Å². The molecule has 1 aromatic carbocycles. The molecule has 8 heteroatoms. The quantitative estimate of drug-likeness (QED) is 0.198. The Morgan fingerprint density at radius 2 is 2.12 bits per heavy atom. The van der Waals surface area contributed by atoms with Crippen LogP contribution in [0.2, 0.25) is 5.02 Å². The van der Waals surface area contributed by atoms with Crippen molar-refractivity contribution in [2.45, 2.75) is 46.2 Å². The minimum Gasteiger partial charge on any atom is -0.792 e. The van der Waals surface area contributed by atoms with Crippen LogP contribution in [0.25, 0.3) is 0 Å². The predicted molar refractivity (Wildman–Crippen MR) is 133 cm³/mol. The van der Waals surface area contributed by atoms with E-state index in [1.165, 1.54) is 11.8 Å². The predicted octanol–water partition coefficient (Wildman–Crippen LogP) is 4.65. The zero-order valence-corrected chi connectivity index (χ0v) is 19.4. The van der Waals surface area contributed by atoms with Crippen LogP contribution in [0.15, 0.2) is 64.2 Å². The molecule has 0 unspecified atom stereocenters. The lowest BCUT2D eigenvalue weighted by Crippen LogP contribution is -2.31. The third kappa shape index (κ3) is 8.69. The fourth-order valence-corrected chi connectivity index (χ4v) is 3.48. The van der Waals surface area contributed by atoms with Crippen molar-refractivity contribution in [3.05, 3.63) is 86.1 Å². The zero-order valence-electron chi connectivity index (χ0n) is 18.7. The van der Waals surface area contributed by atoms with Gasteiger partial charge >= 0.3 is 0 Å². The number of hydrogen-bond acceptors (Lipinski definition) is 6. The molecule has 0 radical (unpaired) electrons. The highest BCUT2D eigenvalue weighted by atomic mass is 35.5. The highest BCUT2D eigenvalue weighted by molar-refractivity contribution is 6.30. The van der Waals surface area contributed by atoms with Gasteiger partial charge in [-0.05, 0) is 43.5 Å². The Balaban J connectivity index is 1.91. The monoisotopic (exact) mass is 456 g/mol. The lowest BCUT2D eigenvalue weighted by Gasteiger charge is -2.13. The fraction of sp³-hybridized carbons (Fsp3) is 0.375. The molecule has 172 valence electrons. The number of aromatic nitrogens is 2. The van der Waals surface area contributed by atoms with Gasteiger partial charge in [0.25, 0.3) is 5.56 Å². The van der Waals surface area contributed by atoms with E-state index in [0.717, 1.165) is 30.5 Å². The maximum atomic E-state index is 12.9. The van der Waals surface area contributed by atoms with Crippen molar-refractivity contribution in [2.24, 2.45) is 5.16 Å². The minimum atomic E-state index is -0.123. The summed E-state index contributed by atoms with van der Waals surface area (Å²) in [5.41, 5.74) is 3.03. The number of hydrogen-bond donors (Lipinski definition) is 2. The van der Waals surface area contributed by atoms with E-state index in [-0.39, 0.29) is 5.56 Å². The summed E-state index contributed by atoms with van der Waals surface area (Å²) < 4.78 is 1.73. The van der Waals surface area contributed by atoms with Gasteiger partial charge in [0.05, 0.1) is 0 Å². The molecule has 1 aromatic heterocycles. The zero-order chi connectivity index (χ0) is 23.2. The second kappa shape index (κ2) is 14.2. The van der Waals surface area contributed by atoms with Gasteiger partial charge in [-0.15, -0.1) is 0 Å². The Morgan fingerprint density at radius 1 is 1.28 bits per heavy atom. The first-order valence-corrected chi connectivity index (χ1v) is 11.2. The molecular formula is C24H31ClN5O2-. The van der Waals surface area contributed by atoms with Crippen molar-refractivity contribution >= 4 is 23.6 Å². The van der Waals surface area contributed by atoms with E-state index in [1.807, 2.05) is 37.3 Å². The van der Waals surface area contributed by atoms with Crippen molar-refractivity contribution in [1.29, 1.82) is 0 Å². The largest absolute Gasteiger partial charge is 0.792 e. The van der Waals surface area contributed by atoms with Gasteiger partial charge in [-0.1, -0.05) is 54.8 Å². The van der Waals surface area contributed by atoms with E-state index in [0.29, 0.717) is 37.0 Å². The van der Waals surface area contributed by atoms with Crippen LogP contribution in [-0.4, -0.2) is 28.9 Å². The second-order valence-corrected chi connectivity index (χ2v) is 7.84. The molecule has 1 heterocycles. The SMILES string of the molecule is CCC\C(=C/C=C\C=N\[O-])CCNc1ncc(C)n(CCNCc2cccc(Cl)c2)c1=O. The van der Waals surface area contributed by atoms with E-state index in [4.69, 9.17) is 11.6 Å². The number of halogens is 1. The molecule has 32 heavy (non-hydrogen) atoms. The Hall–Kier alpha value is -2.90. The molecular weight excluding hydrogens is 426 g/mol. The normalized spacial score (nSPS) is 12.2. The molecule has 7 nitrogen and oxygen atoms in total. The van der Waals surface area contributed by atoms with Crippen LogP contribution in [0.5, 0.6) is 0 Å². The number of benzene rings is 1. The number of aryl methyl sites for hydroxylation is 1. The van der Waals surface area contributed by atoms with E-state index >= 15 is 0 Å². The highest BCUT2D eigenvalue weighted by Gasteiger charge is 2.08. The van der Waals surface area contributed by atoms with E-state index < -0.39 is 0 Å². The molecule has 0 aliphatic rings. The Bertz CT molecular complexity index is 998. The Morgan fingerprint density at radius 3 is 2.88 bits per heavy atom. The molecule has 0 spiro atoms. The van der Waals surface area contributed by atoms with Crippen LogP contribution in [0, 0.1) is 12.1 Å². The summed E-state index contributed by atoms with van der Waals surface area (Å²) in [5.74, 6) is 0.357.